The maximum absolute atomic E-state index is 4.13. The van der Waals surface area contributed by atoms with Gasteiger partial charge in [0.05, 0.1) is 6.04 Å². The Kier molecular flexibility index (Phi) is 3.88. The van der Waals surface area contributed by atoms with Crippen LogP contribution in [-0.2, 0) is 13.0 Å². The van der Waals surface area contributed by atoms with E-state index in [1.165, 1.54) is 17.5 Å². The van der Waals surface area contributed by atoms with E-state index in [4.69, 9.17) is 0 Å². The molecule has 2 N–H and O–H groups in total. The van der Waals surface area contributed by atoms with Gasteiger partial charge in [0.25, 0.3) is 0 Å². The van der Waals surface area contributed by atoms with Crippen LogP contribution in [0.5, 0.6) is 0 Å². The highest BCUT2D eigenvalue weighted by molar-refractivity contribution is 5.22. The van der Waals surface area contributed by atoms with Crippen LogP contribution in [0.3, 0.4) is 0 Å². The van der Waals surface area contributed by atoms with E-state index < -0.39 is 0 Å². The Morgan fingerprint density at radius 3 is 2.53 bits per heavy atom. The van der Waals surface area contributed by atoms with Crippen LogP contribution in [0.1, 0.15) is 36.8 Å². The lowest BCUT2D eigenvalue weighted by molar-refractivity contribution is 0.548. The Bertz CT molecular complexity index is 433. The molecule has 1 aromatic heterocycles. The molecule has 0 bridgehead atoms. The van der Waals surface area contributed by atoms with Gasteiger partial charge in [-0.25, -0.2) is 4.98 Å². The number of aromatic nitrogens is 3. The van der Waals surface area contributed by atoms with E-state index in [-0.39, 0.29) is 6.04 Å². The summed E-state index contributed by atoms with van der Waals surface area (Å²) in [6.07, 6.45) is 2.62. The zero-order chi connectivity index (χ0) is 12.1. The molecule has 0 saturated heterocycles. The first kappa shape index (κ1) is 11.8. The molecule has 0 aliphatic carbocycles. The second-order valence-electron chi connectivity index (χ2n) is 4.14. The van der Waals surface area contributed by atoms with Gasteiger partial charge in [-0.2, -0.15) is 5.10 Å². The zero-order valence-electron chi connectivity index (χ0n) is 10.3. The molecule has 0 saturated carbocycles. The average molecular weight is 230 g/mol. The fourth-order valence-corrected chi connectivity index (χ4v) is 1.68. The first-order valence-corrected chi connectivity index (χ1v) is 5.96. The fourth-order valence-electron chi connectivity index (χ4n) is 1.68. The summed E-state index contributed by atoms with van der Waals surface area (Å²) in [5.41, 5.74) is 2.66. The molecule has 0 amide bonds. The predicted molar refractivity (Wildman–Crippen MR) is 67.5 cm³/mol. The fraction of sp³-hybridized carbons (Fsp3) is 0.385. The molecule has 2 rings (SSSR count). The third-order valence-electron chi connectivity index (χ3n) is 2.89. The lowest BCUT2D eigenvalue weighted by Crippen LogP contribution is -2.19. The average Bonchev–Trinajstić information content (AvgIpc) is 2.90. The Morgan fingerprint density at radius 2 is 1.94 bits per heavy atom. The van der Waals surface area contributed by atoms with E-state index in [0.717, 1.165) is 18.8 Å². The van der Waals surface area contributed by atoms with Crippen molar-refractivity contribution in [1.82, 2.24) is 20.5 Å². The van der Waals surface area contributed by atoms with E-state index in [9.17, 15) is 0 Å². The Morgan fingerprint density at radius 1 is 1.24 bits per heavy atom. The van der Waals surface area contributed by atoms with Crippen LogP contribution in [-0.4, -0.2) is 15.2 Å². The van der Waals surface area contributed by atoms with E-state index in [2.05, 4.69) is 58.6 Å². The van der Waals surface area contributed by atoms with Gasteiger partial charge in [0, 0.05) is 6.54 Å². The Labute approximate surface area is 101 Å². The SMILES string of the molecule is CCc1ccc(CNC(C)c2ncn[nH]2)cc1. The molecule has 17 heavy (non-hydrogen) atoms. The molecule has 0 spiro atoms. The molecule has 0 aliphatic heterocycles. The number of rotatable bonds is 5. The maximum atomic E-state index is 4.13. The summed E-state index contributed by atoms with van der Waals surface area (Å²) in [7, 11) is 0. The van der Waals surface area contributed by atoms with E-state index in [0.29, 0.717) is 0 Å². The molecule has 1 atom stereocenters. The number of nitrogens with zero attached hydrogens (tertiary/aromatic N) is 2. The normalized spacial score (nSPS) is 12.6. The summed E-state index contributed by atoms with van der Waals surface area (Å²) >= 11 is 0. The van der Waals surface area contributed by atoms with Crippen LogP contribution in [0.2, 0.25) is 0 Å². The van der Waals surface area contributed by atoms with Crippen LogP contribution >= 0.6 is 0 Å². The lowest BCUT2D eigenvalue weighted by Gasteiger charge is -2.11. The Hall–Kier alpha value is -1.68. The summed E-state index contributed by atoms with van der Waals surface area (Å²) in [6.45, 7) is 5.08. The largest absolute Gasteiger partial charge is 0.303 e. The Balaban J connectivity index is 1.89. The summed E-state index contributed by atoms with van der Waals surface area (Å²) < 4.78 is 0. The van der Waals surface area contributed by atoms with Gasteiger partial charge in [0.15, 0.2) is 0 Å². The van der Waals surface area contributed by atoms with Crippen LogP contribution in [0, 0.1) is 0 Å². The number of hydrogen-bond donors (Lipinski definition) is 2. The number of hydrogen-bond acceptors (Lipinski definition) is 3. The molecule has 2 aromatic rings. The molecule has 0 radical (unpaired) electrons. The molecular formula is C13H18N4. The van der Waals surface area contributed by atoms with Gasteiger partial charge in [-0.1, -0.05) is 31.2 Å². The minimum Gasteiger partial charge on any atom is -0.303 e. The molecule has 1 aromatic carbocycles. The third kappa shape index (κ3) is 3.14. The summed E-state index contributed by atoms with van der Waals surface area (Å²) in [5, 5.41) is 10.1. The predicted octanol–water partition coefficient (Wildman–Crippen LogP) is 2.22. The van der Waals surface area contributed by atoms with Crippen molar-refractivity contribution < 1.29 is 0 Å². The molecule has 90 valence electrons. The van der Waals surface area contributed by atoms with Crippen molar-refractivity contribution in [1.29, 1.82) is 0 Å². The molecule has 1 unspecified atom stereocenters. The third-order valence-corrected chi connectivity index (χ3v) is 2.89. The number of aromatic amines is 1. The topological polar surface area (TPSA) is 53.6 Å². The summed E-state index contributed by atoms with van der Waals surface area (Å²) in [5.74, 6) is 0.871. The molecule has 4 nitrogen and oxygen atoms in total. The van der Waals surface area contributed by atoms with E-state index in [1.807, 2.05) is 0 Å². The first-order chi connectivity index (χ1) is 8.29. The van der Waals surface area contributed by atoms with Crippen LogP contribution < -0.4 is 5.32 Å². The number of benzene rings is 1. The smallest absolute Gasteiger partial charge is 0.141 e. The van der Waals surface area contributed by atoms with Crippen LogP contribution in [0.15, 0.2) is 30.6 Å². The van der Waals surface area contributed by atoms with Crippen molar-refractivity contribution in [2.75, 3.05) is 0 Å². The highest BCUT2D eigenvalue weighted by Gasteiger charge is 2.06. The molecular weight excluding hydrogens is 212 g/mol. The lowest BCUT2D eigenvalue weighted by atomic mass is 10.1. The van der Waals surface area contributed by atoms with Crippen LogP contribution in [0.4, 0.5) is 0 Å². The number of H-pyrrole nitrogens is 1. The van der Waals surface area contributed by atoms with Gasteiger partial charge in [-0.05, 0) is 24.5 Å². The second kappa shape index (κ2) is 5.59. The molecule has 1 heterocycles. The summed E-state index contributed by atoms with van der Waals surface area (Å²) in [4.78, 5) is 4.13. The minimum absolute atomic E-state index is 0.184. The standard InChI is InChI=1S/C13H18N4/c1-3-11-4-6-12(7-5-11)8-14-10(2)13-15-9-16-17-13/h4-7,9-10,14H,3,8H2,1-2H3,(H,15,16,17). The summed E-state index contributed by atoms with van der Waals surface area (Å²) in [6, 6.07) is 8.87. The van der Waals surface area contributed by atoms with Crippen molar-refractivity contribution in [3.63, 3.8) is 0 Å². The van der Waals surface area contributed by atoms with E-state index >= 15 is 0 Å². The van der Waals surface area contributed by atoms with Crippen molar-refractivity contribution >= 4 is 0 Å². The van der Waals surface area contributed by atoms with Gasteiger partial charge in [0.2, 0.25) is 0 Å². The molecule has 4 heteroatoms. The van der Waals surface area contributed by atoms with Gasteiger partial charge in [-0.3, -0.25) is 5.10 Å². The van der Waals surface area contributed by atoms with Crippen molar-refractivity contribution in [3.05, 3.63) is 47.5 Å². The minimum atomic E-state index is 0.184. The molecule has 0 fully saturated rings. The van der Waals surface area contributed by atoms with Crippen molar-refractivity contribution in [3.8, 4) is 0 Å². The van der Waals surface area contributed by atoms with Gasteiger partial charge >= 0.3 is 0 Å². The maximum Gasteiger partial charge on any atom is 0.141 e. The number of aryl methyl sites for hydroxylation is 1. The highest BCUT2D eigenvalue weighted by atomic mass is 15.2. The molecule has 0 aliphatic rings. The highest BCUT2D eigenvalue weighted by Crippen LogP contribution is 2.08. The van der Waals surface area contributed by atoms with Crippen molar-refractivity contribution in [2.45, 2.75) is 32.9 Å². The quantitative estimate of drug-likeness (QED) is 0.828. The van der Waals surface area contributed by atoms with Crippen molar-refractivity contribution in [2.24, 2.45) is 0 Å². The zero-order valence-corrected chi connectivity index (χ0v) is 10.3. The van der Waals surface area contributed by atoms with Gasteiger partial charge in [-0.15, -0.1) is 0 Å². The van der Waals surface area contributed by atoms with Gasteiger partial charge < -0.3 is 5.32 Å². The number of nitrogens with one attached hydrogen (secondary N) is 2. The first-order valence-electron chi connectivity index (χ1n) is 5.96. The second-order valence-corrected chi connectivity index (χ2v) is 4.14. The van der Waals surface area contributed by atoms with E-state index in [1.54, 1.807) is 0 Å². The van der Waals surface area contributed by atoms with Gasteiger partial charge in [0.1, 0.15) is 12.2 Å². The van der Waals surface area contributed by atoms with Crippen LogP contribution in [0.25, 0.3) is 0 Å². The monoisotopic (exact) mass is 230 g/mol.